The van der Waals surface area contributed by atoms with E-state index in [1.165, 1.54) is 0 Å². The molecule has 1 aromatic heterocycles. The van der Waals surface area contributed by atoms with Crippen LogP contribution in [-0.4, -0.2) is 21.2 Å². The number of nitrogens with two attached hydrogens (primary N) is 1. The van der Waals surface area contributed by atoms with Crippen LogP contribution in [-0.2, 0) is 12.8 Å². The van der Waals surface area contributed by atoms with Crippen molar-refractivity contribution < 1.29 is 0 Å². The van der Waals surface area contributed by atoms with Crippen LogP contribution in [0.25, 0.3) is 0 Å². The Morgan fingerprint density at radius 2 is 2.06 bits per heavy atom. The average molecular weight is 224 g/mol. The van der Waals surface area contributed by atoms with Crippen LogP contribution in [0.5, 0.6) is 0 Å². The minimum absolute atomic E-state index is 0.155. The molecule has 1 unspecified atom stereocenters. The number of rotatable bonds is 5. The van der Waals surface area contributed by atoms with Crippen LogP contribution in [0, 0.1) is 5.41 Å². The monoisotopic (exact) mass is 224 g/mol. The fourth-order valence-electron chi connectivity index (χ4n) is 1.87. The standard InChI is InChI=1S/C12H24N4/c1-5-6-10-14-11(16-15-10)7-9(13)8-12(2,3)4/h9H,5-8,13H2,1-4H3,(H,14,15,16). The second-order valence-electron chi connectivity index (χ2n) is 5.68. The number of nitrogens with one attached hydrogen (secondary N) is 1. The summed E-state index contributed by atoms with van der Waals surface area (Å²) in [6.45, 7) is 8.74. The average Bonchev–Trinajstić information content (AvgIpc) is 2.49. The molecule has 1 atom stereocenters. The largest absolute Gasteiger partial charge is 0.327 e. The van der Waals surface area contributed by atoms with E-state index in [-0.39, 0.29) is 11.5 Å². The highest BCUT2D eigenvalue weighted by molar-refractivity contribution is 4.93. The Kier molecular flexibility index (Phi) is 4.47. The Morgan fingerprint density at radius 3 is 2.62 bits per heavy atom. The molecule has 0 fully saturated rings. The van der Waals surface area contributed by atoms with Gasteiger partial charge in [-0.3, -0.25) is 5.10 Å². The Morgan fingerprint density at radius 1 is 1.38 bits per heavy atom. The van der Waals surface area contributed by atoms with Gasteiger partial charge in [0, 0.05) is 18.9 Å². The number of H-pyrrole nitrogens is 1. The van der Waals surface area contributed by atoms with E-state index in [9.17, 15) is 0 Å². The molecule has 0 spiro atoms. The van der Waals surface area contributed by atoms with Gasteiger partial charge in [-0.1, -0.05) is 27.7 Å². The van der Waals surface area contributed by atoms with Gasteiger partial charge in [-0.05, 0) is 18.3 Å². The molecule has 1 aromatic rings. The molecular weight excluding hydrogens is 200 g/mol. The molecule has 4 heteroatoms. The van der Waals surface area contributed by atoms with Crippen molar-refractivity contribution in [1.82, 2.24) is 15.2 Å². The van der Waals surface area contributed by atoms with Gasteiger partial charge in [-0.2, -0.15) is 5.10 Å². The van der Waals surface area contributed by atoms with Gasteiger partial charge in [0.15, 0.2) is 5.82 Å². The molecule has 3 N–H and O–H groups in total. The van der Waals surface area contributed by atoms with E-state index in [0.29, 0.717) is 0 Å². The van der Waals surface area contributed by atoms with Gasteiger partial charge in [0.05, 0.1) is 0 Å². The zero-order chi connectivity index (χ0) is 12.2. The lowest BCUT2D eigenvalue weighted by Crippen LogP contribution is -2.28. The van der Waals surface area contributed by atoms with E-state index in [0.717, 1.165) is 37.3 Å². The topological polar surface area (TPSA) is 67.6 Å². The third-order valence-electron chi connectivity index (χ3n) is 2.38. The Hall–Kier alpha value is -0.900. The molecule has 4 nitrogen and oxygen atoms in total. The van der Waals surface area contributed by atoms with Gasteiger partial charge in [-0.15, -0.1) is 0 Å². The highest BCUT2D eigenvalue weighted by Gasteiger charge is 2.17. The van der Waals surface area contributed by atoms with Crippen LogP contribution in [0.4, 0.5) is 0 Å². The van der Waals surface area contributed by atoms with Crippen molar-refractivity contribution in [3.05, 3.63) is 11.6 Å². The summed E-state index contributed by atoms with van der Waals surface area (Å²) in [5.41, 5.74) is 6.36. The first-order valence-corrected chi connectivity index (χ1v) is 6.06. The molecule has 0 aliphatic rings. The first kappa shape index (κ1) is 13.2. The first-order valence-electron chi connectivity index (χ1n) is 6.06. The Labute approximate surface area is 98.0 Å². The minimum Gasteiger partial charge on any atom is -0.327 e. The molecule has 1 rings (SSSR count). The fraction of sp³-hybridized carbons (Fsp3) is 0.833. The number of aryl methyl sites for hydroxylation is 1. The van der Waals surface area contributed by atoms with Crippen LogP contribution in [0.15, 0.2) is 0 Å². The summed E-state index contributed by atoms with van der Waals surface area (Å²) in [5.74, 6) is 1.82. The molecule has 0 aromatic carbocycles. The highest BCUT2D eigenvalue weighted by atomic mass is 15.2. The van der Waals surface area contributed by atoms with Gasteiger partial charge >= 0.3 is 0 Å². The van der Waals surface area contributed by atoms with E-state index >= 15 is 0 Å². The molecule has 0 aliphatic carbocycles. The number of nitrogens with zero attached hydrogens (tertiary/aromatic N) is 2. The van der Waals surface area contributed by atoms with Crippen LogP contribution >= 0.6 is 0 Å². The van der Waals surface area contributed by atoms with Crippen molar-refractivity contribution in [2.45, 2.75) is 59.4 Å². The van der Waals surface area contributed by atoms with E-state index in [2.05, 4.69) is 42.9 Å². The summed E-state index contributed by atoms with van der Waals surface area (Å²) in [6.07, 6.45) is 3.79. The van der Waals surface area contributed by atoms with Crippen molar-refractivity contribution in [1.29, 1.82) is 0 Å². The molecule has 0 bridgehead atoms. The van der Waals surface area contributed by atoms with Crippen molar-refractivity contribution in [2.75, 3.05) is 0 Å². The molecule has 0 aliphatic heterocycles. The zero-order valence-corrected chi connectivity index (χ0v) is 10.9. The SMILES string of the molecule is CCCc1n[nH]c(CC(N)CC(C)(C)C)n1. The lowest BCUT2D eigenvalue weighted by molar-refractivity contribution is 0.336. The third-order valence-corrected chi connectivity index (χ3v) is 2.38. The van der Waals surface area contributed by atoms with Crippen LogP contribution in [0.1, 0.15) is 52.2 Å². The van der Waals surface area contributed by atoms with E-state index in [1.54, 1.807) is 0 Å². The van der Waals surface area contributed by atoms with Crippen LogP contribution in [0.2, 0.25) is 0 Å². The normalized spacial score (nSPS) is 14.1. The summed E-state index contributed by atoms with van der Waals surface area (Å²) < 4.78 is 0. The molecule has 92 valence electrons. The molecule has 0 saturated carbocycles. The van der Waals surface area contributed by atoms with Crippen molar-refractivity contribution in [3.8, 4) is 0 Å². The summed E-state index contributed by atoms with van der Waals surface area (Å²) >= 11 is 0. The Bertz CT molecular complexity index is 311. The number of hydrogen-bond acceptors (Lipinski definition) is 3. The van der Waals surface area contributed by atoms with Crippen molar-refractivity contribution in [3.63, 3.8) is 0 Å². The molecule has 0 saturated heterocycles. The van der Waals surface area contributed by atoms with Gasteiger partial charge in [0.25, 0.3) is 0 Å². The number of aromatic amines is 1. The molecule has 16 heavy (non-hydrogen) atoms. The van der Waals surface area contributed by atoms with Crippen molar-refractivity contribution >= 4 is 0 Å². The Balaban J connectivity index is 2.46. The zero-order valence-electron chi connectivity index (χ0n) is 10.9. The van der Waals surface area contributed by atoms with Gasteiger partial charge < -0.3 is 5.73 Å². The highest BCUT2D eigenvalue weighted by Crippen LogP contribution is 2.20. The maximum Gasteiger partial charge on any atom is 0.150 e. The van der Waals surface area contributed by atoms with Gasteiger partial charge in [-0.25, -0.2) is 4.98 Å². The summed E-state index contributed by atoms with van der Waals surface area (Å²) in [5, 5.41) is 7.13. The quantitative estimate of drug-likeness (QED) is 0.804. The predicted octanol–water partition coefficient (Wildman–Crippen LogP) is 2.06. The maximum atomic E-state index is 6.09. The second-order valence-corrected chi connectivity index (χ2v) is 5.68. The fourth-order valence-corrected chi connectivity index (χ4v) is 1.87. The van der Waals surface area contributed by atoms with Crippen LogP contribution in [0.3, 0.4) is 0 Å². The smallest absolute Gasteiger partial charge is 0.150 e. The lowest BCUT2D eigenvalue weighted by Gasteiger charge is -2.22. The summed E-state index contributed by atoms with van der Waals surface area (Å²) in [6, 6.07) is 0.155. The minimum atomic E-state index is 0.155. The van der Waals surface area contributed by atoms with E-state index in [4.69, 9.17) is 5.73 Å². The maximum absolute atomic E-state index is 6.09. The number of hydrogen-bond donors (Lipinski definition) is 2. The van der Waals surface area contributed by atoms with Crippen LogP contribution < -0.4 is 5.73 Å². The van der Waals surface area contributed by atoms with Crippen molar-refractivity contribution in [2.24, 2.45) is 11.1 Å². The van der Waals surface area contributed by atoms with E-state index < -0.39 is 0 Å². The van der Waals surface area contributed by atoms with E-state index in [1.807, 2.05) is 0 Å². The predicted molar refractivity (Wildman–Crippen MR) is 66.1 cm³/mol. The van der Waals surface area contributed by atoms with Gasteiger partial charge in [0.2, 0.25) is 0 Å². The number of aromatic nitrogens is 3. The van der Waals surface area contributed by atoms with Gasteiger partial charge in [0.1, 0.15) is 5.82 Å². The first-order chi connectivity index (χ1) is 7.40. The third kappa shape index (κ3) is 4.75. The summed E-state index contributed by atoms with van der Waals surface area (Å²) in [4.78, 5) is 4.42. The summed E-state index contributed by atoms with van der Waals surface area (Å²) in [7, 11) is 0. The molecule has 0 radical (unpaired) electrons. The lowest BCUT2D eigenvalue weighted by atomic mass is 9.87. The molecule has 1 heterocycles. The molecule has 0 amide bonds. The molecular formula is C12H24N4. The second kappa shape index (κ2) is 5.43.